The van der Waals surface area contributed by atoms with Gasteiger partial charge in [-0.15, -0.1) is 0 Å². The van der Waals surface area contributed by atoms with Crippen LogP contribution in [0.1, 0.15) is 41.5 Å². The van der Waals surface area contributed by atoms with Gasteiger partial charge in [0.15, 0.2) is 0 Å². The minimum absolute atomic E-state index is 0.461. The van der Waals surface area contributed by atoms with E-state index in [2.05, 4.69) is 46.4 Å². The molecule has 0 aliphatic carbocycles. The molecule has 1 saturated heterocycles. The minimum atomic E-state index is 0.461. The van der Waals surface area contributed by atoms with Gasteiger partial charge in [0.2, 0.25) is 0 Å². The van der Waals surface area contributed by atoms with Gasteiger partial charge in [0.05, 0.1) is 0 Å². The smallest absolute Gasteiger partial charge is 0.00303 e. The maximum atomic E-state index is 2.58. The number of rotatable bonds is 1. The molecule has 0 radical (unpaired) electrons. The van der Waals surface area contributed by atoms with Crippen molar-refractivity contribution in [2.75, 3.05) is 19.6 Å². The summed E-state index contributed by atoms with van der Waals surface area (Å²) in [4.78, 5) is 2.58. The Hall–Kier alpha value is -0.0400. The molecule has 1 aliphatic rings. The summed E-state index contributed by atoms with van der Waals surface area (Å²) >= 11 is 0. The fourth-order valence-corrected chi connectivity index (χ4v) is 1.92. The fraction of sp³-hybridized carbons (Fsp3) is 1.00. The molecule has 0 saturated carbocycles. The summed E-state index contributed by atoms with van der Waals surface area (Å²) in [5, 5.41) is 0. The third-order valence-corrected chi connectivity index (χ3v) is 2.88. The predicted molar refractivity (Wildman–Crippen MR) is 58.8 cm³/mol. The van der Waals surface area contributed by atoms with Crippen LogP contribution < -0.4 is 0 Å². The lowest BCUT2D eigenvalue weighted by Crippen LogP contribution is -2.54. The molecule has 0 aromatic rings. The van der Waals surface area contributed by atoms with E-state index in [0.717, 1.165) is 5.92 Å². The highest BCUT2D eigenvalue weighted by Gasteiger charge is 2.36. The van der Waals surface area contributed by atoms with Gasteiger partial charge < -0.3 is 4.90 Å². The molecular weight excluding hydrogens is 158 g/mol. The van der Waals surface area contributed by atoms with E-state index in [9.17, 15) is 0 Å². The maximum absolute atomic E-state index is 2.58. The minimum Gasteiger partial charge on any atom is -0.302 e. The van der Waals surface area contributed by atoms with Gasteiger partial charge in [0.25, 0.3) is 0 Å². The van der Waals surface area contributed by atoms with Gasteiger partial charge in [-0.1, -0.05) is 41.5 Å². The second-order valence-electron chi connectivity index (χ2n) is 6.82. The van der Waals surface area contributed by atoms with E-state index in [-0.39, 0.29) is 0 Å². The van der Waals surface area contributed by atoms with Gasteiger partial charge in [0.1, 0.15) is 0 Å². The van der Waals surface area contributed by atoms with Crippen LogP contribution in [-0.2, 0) is 0 Å². The first-order chi connectivity index (χ1) is 5.68. The summed E-state index contributed by atoms with van der Waals surface area (Å²) in [6.07, 6.45) is 0. The molecule has 0 amide bonds. The van der Waals surface area contributed by atoms with Crippen molar-refractivity contribution in [2.45, 2.75) is 41.5 Å². The molecule has 0 aromatic heterocycles. The van der Waals surface area contributed by atoms with Gasteiger partial charge in [-0.05, 0) is 16.7 Å². The molecule has 1 heterocycles. The summed E-state index contributed by atoms with van der Waals surface area (Å²) in [5.74, 6) is 0.912. The predicted octanol–water partition coefficient (Wildman–Crippen LogP) is 3.01. The molecule has 13 heavy (non-hydrogen) atoms. The number of hydrogen-bond donors (Lipinski definition) is 0. The van der Waals surface area contributed by atoms with E-state index in [0.29, 0.717) is 10.8 Å². The lowest BCUT2D eigenvalue weighted by atomic mass is 9.75. The molecule has 1 heteroatoms. The lowest BCUT2D eigenvalue weighted by Gasteiger charge is -2.48. The van der Waals surface area contributed by atoms with E-state index in [1.807, 2.05) is 0 Å². The molecule has 0 N–H and O–H groups in total. The van der Waals surface area contributed by atoms with E-state index >= 15 is 0 Å². The van der Waals surface area contributed by atoms with Crippen molar-refractivity contribution in [3.8, 4) is 0 Å². The molecule has 78 valence electrons. The van der Waals surface area contributed by atoms with Gasteiger partial charge in [-0.25, -0.2) is 0 Å². The SMILES string of the molecule is CC(C)(C)CN1CC(C(C)(C)C)C1. The Balaban J connectivity index is 2.27. The summed E-state index contributed by atoms with van der Waals surface area (Å²) in [5.41, 5.74) is 0.969. The number of hydrogen-bond acceptors (Lipinski definition) is 1. The van der Waals surface area contributed by atoms with Crippen molar-refractivity contribution >= 4 is 0 Å². The van der Waals surface area contributed by atoms with Gasteiger partial charge in [-0.2, -0.15) is 0 Å². The van der Waals surface area contributed by atoms with Crippen molar-refractivity contribution in [2.24, 2.45) is 16.7 Å². The third-order valence-electron chi connectivity index (χ3n) is 2.88. The zero-order chi connectivity index (χ0) is 10.3. The van der Waals surface area contributed by atoms with E-state index < -0.39 is 0 Å². The highest BCUT2D eigenvalue weighted by Crippen LogP contribution is 2.34. The van der Waals surface area contributed by atoms with E-state index in [4.69, 9.17) is 0 Å². The van der Waals surface area contributed by atoms with Gasteiger partial charge >= 0.3 is 0 Å². The fourth-order valence-electron chi connectivity index (χ4n) is 1.92. The first-order valence-electron chi connectivity index (χ1n) is 5.41. The monoisotopic (exact) mass is 183 g/mol. The highest BCUT2D eigenvalue weighted by atomic mass is 15.2. The normalized spacial score (nSPS) is 21.7. The van der Waals surface area contributed by atoms with Crippen molar-refractivity contribution in [3.63, 3.8) is 0 Å². The van der Waals surface area contributed by atoms with Crippen LogP contribution in [0.2, 0.25) is 0 Å². The Morgan fingerprint density at radius 3 is 1.77 bits per heavy atom. The van der Waals surface area contributed by atoms with Crippen LogP contribution in [0.15, 0.2) is 0 Å². The lowest BCUT2D eigenvalue weighted by molar-refractivity contribution is 0.00383. The summed E-state index contributed by atoms with van der Waals surface area (Å²) < 4.78 is 0. The molecular formula is C12H25N. The Kier molecular flexibility index (Phi) is 2.78. The topological polar surface area (TPSA) is 3.24 Å². The van der Waals surface area contributed by atoms with Crippen molar-refractivity contribution in [3.05, 3.63) is 0 Å². The van der Waals surface area contributed by atoms with Crippen LogP contribution in [0.4, 0.5) is 0 Å². The second kappa shape index (κ2) is 3.27. The van der Waals surface area contributed by atoms with Gasteiger partial charge in [-0.3, -0.25) is 0 Å². The molecule has 0 atom stereocenters. The second-order valence-corrected chi connectivity index (χ2v) is 6.82. The molecule has 0 bridgehead atoms. The van der Waals surface area contributed by atoms with Crippen molar-refractivity contribution in [1.29, 1.82) is 0 Å². The van der Waals surface area contributed by atoms with E-state index in [1.54, 1.807) is 0 Å². The standard InChI is InChI=1S/C12H25N/c1-11(2,3)9-13-7-10(8-13)12(4,5)6/h10H,7-9H2,1-6H3. The Bertz CT molecular complexity index is 165. The van der Waals surface area contributed by atoms with Crippen LogP contribution in [0.3, 0.4) is 0 Å². The van der Waals surface area contributed by atoms with Crippen LogP contribution >= 0.6 is 0 Å². The zero-order valence-corrected chi connectivity index (χ0v) is 10.1. The third kappa shape index (κ3) is 3.30. The average molecular weight is 183 g/mol. The largest absolute Gasteiger partial charge is 0.302 e. The number of likely N-dealkylation sites (tertiary alicyclic amines) is 1. The van der Waals surface area contributed by atoms with Crippen molar-refractivity contribution < 1.29 is 0 Å². The quantitative estimate of drug-likeness (QED) is 0.604. The first-order valence-corrected chi connectivity index (χ1v) is 5.41. The molecule has 0 spiro atoms. The van der Waals surface area contributed by atoms with Crippen LogP contribution in [0.25, 0.3) is 0 Å². The molecule has 0 aromatic carbocycles. The van der Waals surface area contributed by atoms with Crippen molar-refractivity contribution in [1.82, 2.24) is 4.90 Å². The first kappa shape index (κ1) is 11.0. The highest BCUT2D eigenvalue weighted by molar-refractivity contribution is 4.89. The molecule has 1 nitrogen and oxygen atoms in total. The molecule has 1 aliphatic heterocycles. The summed E-state index contributed by atoms with van der Waals surface area (Å²) in [7, 11) is 0. The van der Waals surface area contributed by atoms with Crippen LogP contribution in [-0.4, -0.2) is 24.5 Å². The van der Waals surface area contributed by atoms with Crippen LogP contribution in [0, 0.1) is 16.7 Å². The molecule has 0 unspecified atom stereocenters. The summed E-state index contributed by atoms with van der Waals surface area (Å²) in [6.45, 7) is 17.9. The van der Waals surface area contributed by atoms with E-state index in [1.165, 1.54) is 19.6 Å². The summed E-state index contributed by atoms with van der Waals surface area (Å²) in [6, 6.07) is 0. The molecule has 1 rings (SSSR count). The number of nitrogens with zero attached hydrogens (tertiary/aromatic N) is 1. The maximum Gasteiger partial charge on any atom is 0.00303 e. The Morgan fingerprint density at radius 2 is 1.46 bits per heavy atom. The molecule has 1 fully saturated rings. The zero-order valence-electron chi connectivity index (χ0n) is 10.1. The average Bonchev–Trinajstić information content (AvgIpc) is 1.71. The van der Waals surface area contributed by atoms with Gasteiger partial charge in [0, 0.05) is 19.6 Å². The van der Waals surface area contributed by atoms with Crippen LogP contribution in [0.5, 0.6) is 0 Å². The Labute approximate surface area is 83.5 Å². The Morgan fingerprint density at radius 1 is 1.00 bits per heavy atom.